The lowest BCUT2D eigenvalue weighted by atomic mass is 10.0. The number of primary sulfonamides is 1. The molecule has 34 heavy (non-hydrogen) atoms. The fourth-order valence-corrected chi connectivity index (χ4v) is 5.43. The Labute approximate surface area is 199 Å². The molecular weight excluding hydrogens is 454 g/mol. The second-order valence-electron chi connectivity index (χ2n) is 9.05. The van der Waals surface area contributed by atoms with Crippen LogP contribution < -0.4 is 10.0 Å². The number of rotatable bonds is 5. The summed E-state index contributed by atoms with van der Waals surface area (Å²) < 4.78 is 23.1. The van der Waals surface area contributed by atoms with Crippen LogP contribution >= 0.6 is 0 Å². The molecule has 9 heteroatoms. The summed E-state index contributed by atoms with van der Waals surface area (Å²) in [5.74, 6) is -1.14. The van der Waals surface area contributed by atoms with Gasteiger partial charge in [0.2, 0.25) is 15.9 Å². The van der Waals surface area contributed by atoms with Crippen LogP contribution in [-0.2, 0) is 19.6 Å². The van der Waals surface area contributed by atoms with Crippen LogP contribution in [0.4, 0.5) is 5.69 Å². The largest absolute Gasteiger partial charge is 0.323 e. The molecule has 1 aliphatic heterocycles. The number of nitrogens with zero attached hydrogens (tertiary/aromatic N) is 2. The average molecular weight is 484 g/mol. The number of sulfonamides is 1. The van der Waals surface area contributed by atoms with Crippen LogP contribution in [0.2, 0.25) is 0 Å². The number of hydrogen-bond donors (Lipinski definition) is 1. The number of aryl methyl sites for hydroxylation is 1. The lowest BCUT2D eigenvalue weighted by molar-refractivity contribution is -0.123. The number of carbonyl (C=O) groups is 3. The minimum atomic E-state index is -3.90. The van der Waals surface area contributed by atoms with E-state index in [1.165, 1.54) is 24.3 Å². The normalized spacial score (nSPS) is 19.8. The number of benzene rings is 2. The van der Waals surface area contributed by atoms with Gasteiger partial charge >= 0.3 is 0 Å². The van der Waals surface area contributed by atoms with E-state index >= 15 is 0 Å². The zero-order valence-electron chi connectivity index (χ0n) is 19.1. The van der Waals surface area contributed by atoms with Crippen LogP contribution in [0.15, 0.2) is 53.4 Å². The van der Waals surface area contributed by atoms with Crippen molar-refractivity contribution in [1.82, 2.24) is 4.90 Å². The van der Waals surface area contributed by atoms with Gasteiger partial charge in [-0.3, -0.25) is 14.4 Å². The summed E-state index contributed by atoms with van der Waals surface area (Å²) in [6, 6.07) is 11.5. The molecule has 2 aliphatic rings. The van der Waals surface area contributed by atoms with Crippen LogP contribution in [0.3, 0.4) is 0 Å². The predicted molar refractivity (Wildman–Crippen MR) is 128 cm³/mol. The van der Waals surface area contributed by atoms with Gasteiger partial charge in [-0.25, -0.2) is 18.5 Å². The van der Waals surface area contributed by atoms with Gasteiger partial charge in [-0.2, -0.15) is 0 Å². The first kappa shape index (κ1) is 24.1. The van der Waals surface area contributed by atoms with Crippen LogP contribution in [-0.4, -0.2) is 43.1 Å². The first-order chi connectivity index (χ1) is 16.2. The van der Waals surface area contributed by atoms with Crippen LogP contribution in [0, 0.1) is 6.92 Å². The van der Waals surface area contributed by atoms with Gasteiger partial charge in [0.1, 0.15) is 6.04 Å². The molecule has 2 N–H and O–H groups in total. The molecular formula is C25H29N3O5S. The van der Waals surface area contributed by atoms with Crippen LogP contribution in [0.1, 0.15) is 60.9 Å². The Morgan fingerprint density at radius 3 is 2.24 bits per heavy atom. The second kappa shape index (κ2) is 9.68. The summed E-state index contributed by atoms with van der Waals surface area (Å²) in [7, 11) is -3.90. The Kier molecular flexibility index (Phi) is 6.86. The number of anilines is 1. The zero-order valence-corrected chi connectivity index (χ0v) is 20.0. The van der Waals surface area contributed by atoms with E-state index in [4.69, 9.17) is 5.14 Å². The van der Waals surface area contributed by atoms with E-state index in [9.17, 15) is 22.8 Å². The molecule has 1 saturated carbocycles. The van der Waals surface area contributed by atoms with E-state index < -0.39 is 27.9 Å². The number of carbonyl (C=O) groups excluding carboxylic acids is 3. The van der Waals surface area contributed by atoms with E-state index in [-0.39, 0.29) is 29.0 Å². The number of amides is 3. The topological polar surface area (TPSA) is 118 Å². The highest BCUT2D eigenvalue weighted by atomic mass is 32.2. The highest BCUT2D eigenvalue weighted by molar-refractivity contribution is 7.89. The number of hydrogen-bond acceptors (Lipinski definition) is 5. The standard InChI is InChI=1S/C25H29N3O5S/c1-17-7-6-8-18(15-17)24(30)27(19-9-4-2-3-5-10-19)22-16-23(29)28(25(22)31)20-11-13-21(14-12-20)34(26,32)33/h6-8,11-15,19,22H,2-5,9-10,16H2,1H3,(H2,26,32,33). The summed E-state index contributed by atoms with van der Waals surface area (Å²) in [6.45, 7) is 1.91. The minimum Gasteiger partial charge on any atom is -0.323 e. The van der Waals surface area contributed by atoms with E-state index in [0.29, 0.717) is 5.56 Å². The third kappa shape index (κ3) is 4.90. The summed E-state index contributed by atoms with van der Waals surface area (Å²) in [5.41, 5.74) is 1.70. The van der Waals surface area contributed by atoms with Crippen molar-refractivity contribution < 1.29 is 22.8 Å². The maximum Gasteiger partial charge on any atom is 0.257 e. The smallest absolute Gasteiger partial charge is 0.257 e. The Hall–Kier alpha value is -3.04. The van der Waals surface area contributed by atoms with Crippen LogP contribution in [0.5, 0.6) is 0 Å². The molecule has 180 valence electrons. The van der Waals surface area contributed by atoms with Gasteiger partial charge in [0, 0.05) is 11.6 Å². The molecule has 0 spiro atoms. The Morgan fingerprint density at radius 2 is 1.65 bits per heavy atom. The van der Waals surface area contributed by atoms with Gasteiger partial charge in [-0.05, 0) is 56.2 Å². The highest BCUT2D eigenvalue weighted by Gasteiger charge is 2.46. The summed E-state index contributed by atoms with van der Waals surface area (Å²) in [6.07, 6.45) is 5.58. The van der Waals surface area contributed by atoms with Gasteiger partial charge in [0.05, 0.1) is 17.0 Å². The van der Waals surface area contributed by atoms with Crippen molar-refractivity contribution in [2.24, 2.45) is 5.14 Å². The van der Waals surface area contributed by atoms with Crippen molar-refractivity contribution in [3.8, 4) is 0 Å². The van der Waals surface area contributed by atoms with E-state index in [1.807, 2.05) is 19.1 Å². The molecule has 0 radical (unpaired) electrons. The summed E-state index contributed by atoms with van der Waals surface area (Å²) >= 11 is 0. The molecule has 2 fully saturated rings. The molecule has 8 nitrogen and oxygen atoms in total. The van der Waals surface area contributed by atoms with Crippen molar-refractivity contribution in [2.45, 2.75) is 68.8 Å². The Bertz CT molecular complexity index is 1200. The lowest BCUT2D eigenvalue weighted by Gasteiger charge is -2.35. The van der Waals surface area contributed by atoms with E-state index in [1.54, 1.807) is 17.0 Å². The maximum absolute atomic E-state index is 13.7. The summed E-state index contributed by atoms with van der Waals surface area (Å²) in [5, 5.41) is 5.15. The fraction of sp³-hybridized carbons (Fsp3) is 0.400. The van der Waals surface area contributed by atoms with Crippen molar-refractivity contribution in [2.75, 3.05) is 4.90 Å². The highest BCUT2D eigenvalue weighted by Crippen LogP contribution is 2.32. The van der Waals surface area contributed by atoms with E-state index in [0.717, 1.165) is 49.0 Å². The number of nitrogens with two attached hydrogens (primary N) is 1. The van der Waals surface area contributed by atoms with Crippen molar-refractivity contribution in [3.63, 3.8) is 0 Å². The first-order valence-corrected chi connectivity index (χ1v) is 13.1. The average Bonchev–Trinajstić information content (AvgIpc) is 2.96. The molecule has 0 bridgehead atoms. The molecule has 2 aromatic rings. The molecule has 3 amide bonds. The molecule has 2 aromatic carbocycles. The second-order valence-corrected chi connectivity index (χ2v) is 10.6. The molecule has 0 aromatic heterocycles. The monoisotopic (exact) mass is 483 g/mol. The molecule has 1 aliphatic carbocycles. The lowest BCUT2D eigenvalue weighted by Crippen LogP contribution is -2.50. The van der Waals surface area contributed by atoms with Gasteiger partial charge in [-0.1, -0.05) is 43.4 Å². The van der Waals surface area contributed by atoms with Gasteiger partial charge in [0.25, 0.3) is 11.8 Å². The molecule has 4 rings (SSSR count). The Morgan fingerprint density at radius 1 is 1.00 bits per heavy atom. The third-order valence-corrected chi connectivity index (χ3v) is 7.53. The number of imide groups is 1. The van der Waals surface area contributed by atoms with Gasteiger partial charge in [0.15, 0.2) is 0 Å². The quantitative estimate of drug-likeness (QED) is 0.518. The SMILES string of the molecule is Cc1cccc(C(=O)N(C2CCCCCC2)C2CC(=O)N(c3ccc(S(N)(=O)=O)cc3)C2=O)c1. The Balaban J connectivity index is 1.68. The molecule has 1 unspecified atom stereocenters. The summed E-state index contributed by atoms with van der Waals surface area (Å²) in [4.78, 5) is 42.8. The van der Waals surface area contributed by atoms with Crippen molar-refractivity contribution >= 4 is 33.4 Å². The zero-order chi connectivity index (χ0) is 24.5. The van der Waals surface area contributed by atoms with Crippen LogP contribution in [0.25, 0.3) is 0 Å². The minimum absolute atomic E-state index is 0.107. The van der Waals surface area contributed by atoms with Gasteiger partial charge in [-0.15, -0.1) is 0 Å². The predicted octanol–water partition coefficient (Wildman–Crippen LogP) is 3.14. The third-order valence-electron chi connectivity index (χ3n) is 6.60. The molecule has 1 atom stereocenters. The fourth-order valence-electron chi connectivity index (χ4n) is 4.91. The van der Waals surface area contributed by atoms with Crippen molar-refractivity contribution in [3.05, 3.63) is 59.7 Å². The molecule has 1 heterocycles. The first-order valence-electron chi connectivity index (χ1n) is 11.6. The maximum atomic E-state index is 13.7. The van der Waals surface area contributed by atoms with E-state index in [2.05, 4.69) is 0 Å². The van der Waals surface area contributed by atoms with Crippen molar-refractivity contribution in [1.29, 1.82) is 0 Å². The molecule has 1 saturated heterocycles. The van der Waals surface area contributed by atoms with Gasteiger partial charge < -0.3 is 4.90 Å².